The average Bonchev–Trinajstić information content (AvgIpc) is 2.26. The molecular formula is C13H26N2O3. The first-order valence-electron chi connectivity index (χ1n) is 6.61. The lowest BCUT2D eigenvalue weighted by Gasteiger charge is -2.37. The molecule has 0 aliphatic heterocycles. The van der Waals surface area contributed by atoms with Crippen molar-refractivity contribution in [3.63, 3.8) is 0 Å². The van der Waals surface area contributed by atoms with Gasteiger partial charge in [-0.05, 0) is 46.8 Å². The summed E-state index contributed by atoms with van der Waals surface area (Å²) in [5, 5.41) is 19.4. The van der Waals surface area contributed by atoms with Crippen molar-refractivity contribution >= 4 is 5.97 Å². The summed E-state index contributed by atoms with van der Waals surface area (Å²) in [5.41, 5.74) is -0.701. The molecule has 18 heavy (non-hydrogen) atoms. The summed E-state index contributed by atoms with van der Waals surface area (Å²) in [6, 6.07) is 0. The Hall–Kier alpha value is -0.650. The number of likely N-dealkylation sites (N-methyl/N-ethyl adjacent to an activating group) is 2. The average molecular weight is 258 g/mol. The molecule has 1 aliphatic rings. The molecule has 0 spiro atoms. The van der Waals surface area contributed by atoms with Gasteiger partial charge in [-0.15, -0.1) is 0 Å². The molecule has 0 saturated heterocycles. The third-order valence-electron chi connectivity index (χ3n) is 3.76. The minimum atomic E-state index is -0.724. The lowest BCUT2D eigenvalue weighted by Crippen LogP contribution is -2.46. The van der Waals surface area contributed by atoms with Gasteiger partial charge >= 0.3 is 5.97 Å². The van der Waals surface area contributed by atoms with Gasteiger partial charge in [-0.1, -0.05) is 0 Å². The molecule has 1 fully saturated rings. The smallest absolute Gasteiger partial charge is 0.306 e. The second-order valence-corrected chi connectivity index (χ2v) is 5.88. The zero-order valence-corrected chi connectivity index (χ0v) is 11.7. The van der Waals surface area contributed by atoms with Crippen LogP contribution in [0.3, 0.4) is 0 Å². The Kier molecular flexibility index (Phi) is 5.56. The van der Waals surface area contributed by atoms with Crippen LogP contribution in [0.2, 0.25) is 0 Å². The summed E-state index contributed by atoms with van der Waals surface area (Å²) in [7, 11) is 6.06. The molecule has 0 aromatic carbocycles. The summed E-state index contributed by atoms with van der Waals surface area (Å²) in [6.45, 7) is 2.51. The molecular weight excluding hydrogens is 232 g/mol. The van der Waals surface area contributed by atoms with Crippen molar-refractivity contribution in [2.24, 2.45) is 5.92 Å². The molecule has 0 radical (unpaired) electrons. The van der Waals surface area contributed by atoms with Crippen molar-refractivity contribution in [2.75, 3.05) is 40.8 Å². The predicted molar refractivity (Wildman–Crippen MR) is 70.6 cm³/mol. The van der Waals surface area contributed by atoms with E-state index in [-0.39, 0.29) is 5.92 Å². The first-order valence-corrected chi connectivity index (χ1v) is 6.61. The van der Waals surface area contributed by atoms with Crippen molar-refractivity contribution < 1.29 is 15.0 Å². The number of carboxylic acids is 1. The number of aliphatic carboxylic acids is 1. The Bertz CT molecular complexity index is 273. The summed E-state index contributed by atoms with van der Waals surface area (Å²) in [6.07, 6.45) is 2.37. The third kappa shape index (κ3) is 4.92. The Labute approximate surface area is 109 Å². The molecule has 0 unspecified atom stereocenters. The molecule has 1 rings (SSSR count). The lowest BCUT2D eigenvalue weighted by molar-refractivity contribution is -0.145. The van der Waals surface area contributed by atoms with E-state index in [1.165, 1.54) is 0 Å². The standard InChI is InChI=1S/C13H26N2O3/c1-14(2)8-9-15(3)10-13(18)6-4-11(5-7-13)12(16)17/h11,18H,4-10H2,1-3H3,(H,16,17). The molecule has 106 valence electrons. The predicted octanol–water partition coefficient (Wildman–Crippen LogP) is 0.486. The number of aliphatic hydroxyl groups is 1. The van der Waals surface area contributed by atoms with E-state index in [1.54, 1.807) is 0 Å². The largest absolute Gasteiger partial charge is 0.481 e. The number of hydrogen-bond acceptors (Lipinski definition) is 4. The van der Waals surface area contributed by atoms with E-state index in [4.69, 9.17) is 5.11 Å². The van der Waals surface area contributed by atoms with Gasteiger partial charge in [-0.25, -0.2) is 0 Å². The Balaban J connectivity index is 2.35. The maximum absolute atomic E-state index is 10.9. The Morgan fingerprint density at radius 2 is 1.78 bits per heavy atom. The van der Waals surface area contributed by atoms with Gasteiger partial charge in [0.15, 0.2) is 0 Å². The van der Waals surface area contributed by atoms with Crippen LogP contribution in [0.25, 0.3) is 0 Å². The van der Waals surface area contributed by atoms with Crippen molar-refractivity contribution in [1.29, 1.82) is 0 Å². The molecule has 5 heteroatoms. The Morgan fingerprint density at radius 1 is 1.22 bits per heavy atom. The number of nitrogens with zero attached hydrogens (tertiary/aromatic N) is 2. The number of carboxylic acid groups (broad SMARTS) is 1. The van der Waals surface area contributed by atoms with Gasteiger partial charge in [0, 0.05) is 19.6 Å². The van der Waals surface area contributed by atoms with Crippen LogP contribution in [0.5, 0.6) is 0 Å². The molecule has 2 N–H and O–H groups in total. The van der Waals surface area contributed by atoms with Gasteiger partial charge < -0.3 is 20.0 Å². The van der Waals surface area contributed by atoms with E-state index in [1.807, 2.05) is 21.1 Å². The number of carbonyl (C=O) groups is 1. The minimum Gasteiger partial charge on any atom is -0.481 e. The Morgan fingerprint density at radius 3 is 2.22 bits per heavy atom. The first kappa shape index (κ1) is 15.4. The van der Waals surface area contributed by atoms with Crippen LogP contribution in [0.4, 0.5) is 0 Å². The SMILES string of the molecule is CN(C)CCN(C)CC1(O)CCC(C(=O)O)CC1. The van der Waals surface area contributed by atoms with Crippen LogP contribution in [-0.4, -0.2) is 72.4 Å². The fourth-order valence-corrected chi connectivity index (χ4v) is 2.51. The highest BCUT2D eigenvalue weighted by Gasteiger charge is 2.36. The molecule has 0 aromatic rings. The van der Waals surface area contributed by atoms with Gasteiger partial charge in [0.2, 0.25) is 0 Å². The molecule has 1 saturated carbocycles. The zero-order valence-electron chi connectivity index (χ0n) is 11.7. The van der Waals surface area contributed by atoms with Gasteiger partial charge in [-0.2, -0.15) is 0 Å². The topological polar surface area (TPSA) is 64.0 Å². The van der Waals surface area contributed by atoms with E-state index in [2.05, 4.69) is 9.80 Å². The van der Waals surface area contributed by atoms with Crippen molar-refractivity contribution in [2.45, 2.75) is 31.3 Å². The van der Waals surface area contributed by atoms with Crippen LogP contribution in [0.15, 0.2) is 0 Å². The van der Waals surface area contributed by atoms with E-state index < -0.39 is 11.6 Å². The highest BCUT2D eigenvalue weighted by Crippen LogP contribution is 2.32. The number of hydrogen-bond donors (Lipinski definition) is 2. The van der Waals surface area contributed by atoms with Gasteiger partial charge in [0.25, 0.3) is 0 Å². The van der Waals surface area contributed by atoms with Crippen LogP contribution in [0, 0.1) is 5.92 Å². The van der Waals surface area contributed by atoms with Crippen molar-refractivity contribution in [1.82, 2.24) is 9.80 Å². The molecule has 0 heterocycles. The van der Waals surface area contributed by atoms with E-state index in [0.29, 0.717) is 32.2 Å². The first-order chi connectivity index (χ1) is 8.32. The molecule has 0 bridgehead atoms. The van der Waals surface area contributed by atoms with Crippen LogP contribution in [0.1, 0.15) is 25.7 Å². The third-order valence-corrected chi connectivity index (χ3v) is 3.76. The van der Waals surface area contributed by atoms with E-state index in [9.17, 15) is 9.90 Å². The second kappa shape index (κ2) is 6.50. The van der Waals surface area contributed by atoms with Crippen LogP contribution < -0.4 is 0 Å². The summed E-state index contributed by atoms with van der Waals surface area (Å²) in [4.78, 5) is 15.1. The molecule has 0 atom stereocenters. The maximum Gasteiger partial charge on any atom is 0.306 e. The van der Waals surface area contributed by atoms with Gasteiger partial charge in [0.05, 0.1) is 11.5 Å². The molecule has 0 amide bonds. The van der Waals surface area contributed by atoms with E-state index >= 15 is 0 Å². The van der Waals surface area contributed by atoms with Crippen molar-refractivity contribution in [3.05, 3.63) is 0 Å². The highest BCUT2D eigenvalue weighted by molar-refractivity contribution is 5.70. The molecule has 0 aromatic heterocycles. The zero-order chi connectivity index (χ0) is 13.8. The minimum absolute atomic E-state index is 0.266. The van der Waals surface area contributed by atoms with Crippen LogP contribution >= 0.6 is 0 Å². The second-order valence-electron chi connectivity index (χ2n) is 5.88. The summed E-state index contributed by atoms with van der Waals surface area (Å²) >= 11 is 0. The van der Waals surface area contributed by atoms with Crippen molar-refractivity contribution in [3.8, 4) is 0 Å². The number of rotatable bonds is 6. The summed E-state index contributed by atoms with van der Waals surface area (Å²) in [5.74, 6) is -0.990. The van der Waals surface area contributed by atoms with Gasteiger partial charge in [0.1, 0.15) is 0 Å². The lowest BCUT2D eigenvalue weighted by atomic mass is 9.78. The molecule has 5 nitrogen and oxygen atoms in total. The summed E-state index contributed by atoms with van der Waals surface area (Å²) < 4.78 is 0. The molecule has 1 aliphatic carbocycles. The maximum atomic E-state index is 10.9. The van der Waals surface area contributed by atoms with E-state index in [0.717, 1.165) is 13.1 Å². The quantitative estimate of drug-likeness (QED) is 0.726. The van der Waals surface area contributed by atoms with Crippen LogP contribution in [-0.2, 0) is 4.79 Å². The van der Waals surface area contributed by atoms with Gasteiger partial charge in [-0.3, -0.25) is 4.79 Å². The fraction of sp³-hybridized carbons (Fsp3) is 0.923. The highest BCUT2D eigenvalue weighted by atomic mass is 16.4. The fourth-order valence-electron chi connectivity index (χ4n) is 2.51. The normalized spacial score (nSPS) is 28.9. The monoisotopic (exact) mass is 258 g/mol.